The summed E-state index contributed by atoms with van der Waals surface area (Å²) in [7, 11) is 0. The molecular weight excluding hydrogens is 240 g/mol. The van der Waals surface area contributed by atoms with E-state index in [1.165, 1.54) is 18.4 Å². The molecule has 104 valence electrons. The summed E-state index contributed by atoms with van der Waals surface area (Å²) in [6.07, 6.45) is 2.57. The maximum atomic E-state index is 5.60. The first-order valence-electron chi connectivity index (χ1n) is 7.22. The second-order valence-electron chi connectivity index (χ2n) is 5.30. The highest BCUT2D eigenvalue weighted by atomic mass is 16.6. The van der Waals surface area contributed by atoms with Crippen molar-refractivity contribution in [2.45, 2.75) is 19.4 Å². The molecule has 0 aromatic heterocycles. The minimum Gasteiger partial charge on any atom is -0.486 e. The summed E-state index contributed by atoms with van der Waals surface area (Å²) in [6.45, 7) is 5.64. The number of benzene rings is 1. The van der Waals surface area contributed by atoms with E-state index in [0.717, 1.165) is 43.6 Å². The van der Waals surface area contributed by atoms with Crippen molar-refractivity contribution in [2.24, 2.45) is 5.92 Å². The van der Waals surface area contributed by atoms with Gasteiger partial charge in [0.25, 0.3) is 0 Å². The Bertz CT molecular complexity index is 417. The fourth-order valence-corrected chi connectivity index (χ4v) is 2.70. The van der Waals surface area contributed by atoms with Crippen molar-refractivity contribution in [2.75, 3.05) is 32.8 Å². The van der Waals surface area contributed by atoms with E-state index in [1.807, 2.05) is 6.07 Å². The molecular formula is C15H22N2O2. The second-order valence-corrected chi connectivity index (χ2v) is 5.30. The third kappa shape index (κ3) is 3.39. The summed E-state index contributed by atoms with van der Waals surface area (Å²) >= 11 is 0. The van der Waals surface area contributed by atoms with E-state index in [2.05, 4.69) is 22.8 Å². The topological polar surface area (TPSA) is 42.5 Å². The lowest BCUT2D eigenvalue weighted by molar-refractivity contribution is 0.171. The van der Waals surface area contributed by atoms with E-state index in [9.17, 15) is 0 Å². The molecule has 0 spiro atoms. The van der Waals surface area contributed by atoms with Gasteiger partial charge < -0.3 is 20.1 Å². The average Bonchev–Trinajstić information content (AvgIpc) is 2.48. The third-order valence-corrected chi connectivity index (χ3v) is 3.83. The molecule has 1 aromatic rings. The Labute approximate surface area is 114 Å². The molecule has 4 heteroatoms. The fourth-order valence-electron chi connectivity index (χ4n) is 2.70. The smallest absolute Gasteiger partial charge is 0.161 e. The number of nitrogens with one attached hydrogen (secondary N) is 2. The van der Waals surface area contributed by atoms with Crippen molar-refractivity contribution in [1.82, 2.24) is 10.6 Å². The van der Waals surface area contributed by atoms with E-state index in [1.54, 1.807) is 0 Å². The predicted molar refractivity (Wildman–Crippen MR) is 74.7 cm³/mol. The minimum absolute atomic E-state index is 0.652. The van der Waals surface area contributed by atoms with Crippen LogP contribution in [0.25, 0.3) is 0 Å². The van der Waals surface area contributed by atoms with Gasteiger partial charge in [-0.3, -0.25) is 0 Å². The Morgan fingerprint density at radius 2 is 1.89 bits per heavy atom. The van der Waals surface area contributed by atoms with Crippen molar-refractivity contribution >= 4 is 0 Å². The molecule has 0 aliphatic carbocycles. The van der Waals surface area contributed by atoms with Gasteiger partial charge in [-0.25, -0.2) is 0 Å². The molecule has 2 aliphatic rings. The van der Waals surface area contributed by atoms with E-state index >= 15 is 0 Å². The number of rotatable bonds is 4. The highest BCUT2D eigenvalue weighted by molar-refractivity contribution is 5.43. The third-order valence-electron chi connectivity index (χ3n) is 3.83. The van der Waals surface area contributed by atoms with E-state index in [4.69, 9.17) is 9.47 Å². The average molecular weight is 262 g/mol. The summed E-state index contributed by atoms with van der Waals surface area (Å²) in [6, 6.07) is 6.21. The molecule has 1 saturated heterocycles. The van der Waals surface area contributed by atoms with Gasteiger partial charge in [0.1, 0.15) is 13.2 Å². The highest BCUT2D eigenvalue weighted by Gasteiger charge is 2.13. The van der Waals surface area contributed by atoms with Gasteiger partial charge in [-0.05, 0) is 56.1 Å². The number of ether oxygens (including phenoxy) is 2. The molecule has 4 nitrogen and oxygen atoms in total. The number of fused-ring (bicyclic) bond motifs is 1. The lowest BCUT2D eigenvalue weighted by Gasteiger charge is -2.23. The summed E-state index contributed by atoms with van der Waals surface area (Å²) in [5, 5.41) is 6.95. The van der Waals surface area contributed by atoms with Crippen LogP contribution in [0.4, 0.5) is 0 Å². The molecule has 0 unspecified atom stereocenters. The number of piperidine rings is 1. The molecule has 3 rings (SSSR count). The van der Waals surface area contributed by atoms with Gasteiger partial charge in [-0.2, -0.15) is 0 Å². The molecule has 0 atom stereocenters. The van der Waals surface area contributed by atoms with Crippen LogP contribution in [0.15, 0.2) is 18.2 Å². The molecule has 0 amide bonds. The Morgan fingerprint density at radius 1 is 1.11 bits per heavy atom. The Hall–Kier alpha value is -1.26. The monoisotopic (exact) mass is 262 g/mol. The number of hydrogen-bond donors (Lipinski definition) is 2. The zero-order valence-electron chi connectivity index (χ0n) is 11.3. The standard InChI is InChI=1S/C15H22N2O2/c1-2-14-15(19-8-7-18-14)9-13(1)11-17-10-12-3-5-16-6-4-12/h1-2,9,12,16-17H,3-8,10-11H2. The normalized spacial score (nSPS) is 19.4. The van der Waals surface area contributed by atoms with Gasteiger partial charge in [-0.1, -0.05) is 6.07 Å². The fraction of sp³-hybridized carbons (Fsp3) is 0.600. The van der Waals surface area contributed by atoms with Crippen molar-refractivity contribution in [3.63, 3.8) is 0 Å². The van der Waals surface area contributed by atoms with Crippen LogP contribution in [-0.2, 0) is 6.54 Å². The largest absolute Gasteiger partial charge is 0.486 e. The molecule has 1 aromatic carbocycles. The summed E-state index contributed by atoms with van der Waals surface area (Å²) in [4.78, 5) is 0. The minimum atomic E-state index is 0.652. The van der Waals surface area contributed by atoms with Gasteiger partial charge in [-0.15, -0.1) is 0 Å². The molecule has 19 heavy (non-hydrogen) atoms. The van der Waals surface area contributed by atoms with Crippen LogP contribution in [0.1, 0.15) is 18.4 Å². The van der Waals surface area contributed by atoms with Crippen molar-refractivity contribution < 1.29 is 9.47 Å². The number of hydrogen-bond acceptors (Lipinski definition) is 4. The van der Waals surface area contributed by atoms with Crippen molar-refractivity contribution in [3.8, 4) is 11.5 Å². The zero-order chi connectivity index (χ0) is 12.9. The SMILES string of the molecule is c1cc2c(cc1CNCC1CCNCC1)OCCO2. The van der Waals surface area contributed by atoms with Crippen molar-refractivity contribution in [3.05, 3.63) is 23.8 Å². The maximum Gasteiger partial charge on any atom is 0.161 e. The Morgan fingerprint density at radius 3 is 2.74 bits per heavy atom. The highest BCUT2D eigenvalue weighted by Crippen LogP contribution is 2.30. The van der Waals surface area contributed by atoms with Crippen LogP contribution < -0.4 is 20.1 Å². The summed E-state index contributed by atoms with van der Waals surface area (Å²) in [5.41, 5.74) is 1.26. The first-order chi connectivity index (χ1) is 9.42. The lowest BCUT2D eigenvalue weighted by Crippen LogP contribution is -2.33. The molecule has 2 aliphatic heterocycles. The van der Waals surface area contributed by atoms with Gasteiger partial charge in [0.05, 0.1) is 0 Å². The molecule has 0 bridgehead atoms. The van der Waals surface area contributed by atoms with E-state index < -0.39 is 0 Å². The molecule has 0 radical (unpaired) electrons. The zero-order valence-corrected chi connectivity index (χ0v) is 11.3. The van der Waals surface area contributed by atoms with Crippen LogP contribution in [0.2, 0.25) is 0 Å². The van der Waals surface area contributed by atoms with Gasteiger partial charge in [0, 0.05) is 6.54 Å². The molecule has 0 saturated carbocycles. The summed E-state index contributed by atoms with van der Waals surface area (Å²) in [5.74, 6) is 2.57. The Kier molecular flexibility index (Phi) is 4.20. The van der Waals surface area contributed by atoms with Crippen LogP contribution >= 0.6 is 0 Å². The van der Waals surface area contributed by atoms with Gasteiger partial charge in [0.2, 0.25) is 0 Å². The van der Waals surface area contributed by atoms with Crippen LogP contribution in [0.3, 0.4) is 0 Å². The van der Waals surface area contributed by atoms with Crippen LogP contribution in [0.5, 0.6) is 11.5 Å². The maximum absolute atomic E-state index is 5.60. The quantitative estimate of drug-likeness (QED) is 0.864. The molecule has 2 N–H and O–H groups in total. The van der Waals surface area contributed by atoms with Gasteiger partial charge in [0.15, 0.2) is 11.5 Å². The van der Waals surface area contributed by atoms with Crippen LogP contribution in [0, 0.1) is 5.92 Å². The predicted octanol–water partition coefficient (Wildman–Crippen LogP) is 1.55. The van der Waals surface area contributed by atoms with E-state index in [0.29, 0.717) is 13.2 Å². The van der Waals surface area contributed by atoms with Gasteiger partial charge >= 0.3 is 0 Å². The molecule has 1 fully saturated rings. The lowest BCUT2D eigenvalue weighted by atomic mass is 9.98. The second kappa shape index (κ2) is 6.26. The first-order valence-corrected chi connectivity index (χ1v) is 7.22. The van der Waals surface area contributed by atoms with Crippen molar-refractivity contribution in [1.29, 1.82) is 0 Å². The first kappa shape index (κ1) is 12.8. The Balaban J connectivity index is 1.49. The van der Waals surface area contributed by atoms with E-state index in [-0.39, 0.29) is 0 Å². The molecule has 2 heterocycles. The van der Waals surface area contributed by atoms with Crippen LogP contribution in [-0.4, -0.2) is 32.8 Å². The summed E-state index contributed by atoms with van der Waals surface area (Å²) < 4.78 is 11.1.